The van der Waals surface area contributed by atoms with Gasteiger partial charge in [0, 0.05) is 0 Å². The lowest BCUT2D eigenvalue weighted by atomic mass is 9.86. The molecule has 2 aromatic rings. The maximum Gasteiger partial charge on any atom is 0.203 e. The predicted octanol–water partition coefficient (Wildman–Crippen LogP) is 4.10. The summed E-state index contributed by atoms with van der Waals surface area (Å²) in [6.07, 6.45) is 4.27. The fraction of sp³-hybridized carbons (Fsp3) is 0.300. The molecule has 4 nitrogen and oxygen atoms in total. The minimum Gasteiger partial charge on any atom is -0.497 e. The summed E-state index contributed by atoms with van der Waals surface area (Å²) < 4.78 is 21.7. The summed E-state index contributed by atoms with van der Waals surface area (Å²) in [6.45, 7) is 0. The van der Waals surface area contributed by atoms with Gasteiger partial charge in [-0.15, -0.1) is 0 Å². The molecule has 4 heteroatoms. The van der Waals surface area contributed by atoms with Crippen LogP contribution in [0.3, 0.4) is 0 Å². The van der Waals surface area contributed by atoms with Crippen LogP contribution in [0.15, 0.2) is 36.4 Å². The van der Waals surface area contributed by atoms with Crippen molar-refractivity contribution in [1.29, 1.82) is 0 Å². The SMILES string of the molecule is COc1ccc2c(c1)CCC=C2c1cc(OC)c(OC)c(OC)c1. The monoisotopic (exact) mass is 326 g/mol. The van der Waals surface area contributed by atoms with Crippen molar-refractivity contribution in [2.45, 2.75) is 12.8 Å². The number of benzene rings is 2. The summed E-state index contributed by atoms with van der Waals surface area (Å²) in [6, 6.07) is 10.2. The Hall–Kier alpha value is -2.62. The van der Waals surface area contributed by atoms with Crippen LogP contribution in [-0.4, -0.2) is 28.4 Å². The highest BCUT2D eigenvalue weighted by Crippen LogP contribution is 2.42. The third-order valence-corrected chi connectivity index (χ3v) is 4.34. The topological polar surface area (TPSA) is 36.9 Å². The summed E-state index contributed by atoms with van der Waals surface area (Å²) in [5.74, 6) is 2.82. The van der Waals surface area contributed by atoms with Crippen LogP contribution in [0.1, 0.15) is 23.1 Å². The molecule has 0 saturated heterocycles. The van der Waals surface area contributed by atoms with Gasteiger partial charge < -0.3 is 18.9 Å². The van der Waals surface area contributed by atoms with Gasteiger partial charge in [0.2, 0.25) is 5.75 Å². The fourth-order valence-corrected chi connectivity index (χ4v) is 3.16. The summed E-state index contributed by atoms with van der Waals surface area (Å²) in [7, 11) is 6.58. The molecule has 0 aromatic heterocycles. The van der Waals surface area contributed by atoms with Crippen LogP contribution < -0.4 is 18.9 Å². The Bertz CT molecular complexity index is 752. The zero-order valence-electron chi connectivity index (χ0n) is 14.5. The number of methoxy groups -OCH3 is 4. The van der Waals surface area contributed by atoms with Crippen molar-refractivity contribution in [1.82, 2.24) is 0 Å². The van der Waals surface area contributed by atoms with Gasteiger partial charge in [-0.25, -0.2) is 0 Å². The van der Waals surface area contributed by atoms with Crippen LogP contribution in [0.4, 0.5) is 0 Å². The Kier molecular flexibility index (Phi) is 4.65. The molecule has 1 aliphatic rings. The predicted molar refractivity (Wildman–Crippen MR) is 94.5 cm³/mol. The highest BCUT2D eigenvalue weighted by molar-refractivity contribution is 5.84. The zero-order chi connectivity index (χ0) is 17.1. The van der Waals surface area contributed by atoms with Crippen molar-refractivity contribution in [3.63, 3.8) is 0 Å². The van der Waals surface area contributed by atoms with Crippen LogP contribution in [0.5, 0.6) is 23.0 Å². The Labute approximate surface area is 142 Å². The Morgan fingerprint density at radius 1 is 0.792 bits per heavy atom. The van der Waals surface area contributed by atoms with Crippen LogP contribution in [0, 0.1) is 0 Å². The van der Waals surface area contributed by atoms with Crippen molar-refractivity contribution in [2.75, 3.05) is 28.4 Å². The number of fused-ring (bicyclic) bond motifs is 1. The fourth-order valence-electron chi connectivity index (χ4n) is 3.16. The highest BCUT2D eigenvalue weighted by atomic mass is 16.5. The number of hydrogen-bond acceptors (Lipinski definition) is 4. The van der Waals surface area contributed by atoms with Crippen LogP contribution in [0.25, 0.3) is 5.57 Å². The molecule has 0 saturated carbocycles. The number of aryl methyl sites for hydroxylation is 1. The largest absolute Gasteiger partial charge is 0.497 e. The molecule has 0 bridgehead atoms. The van der Waals surface area contributed by atoms with E-state index in [4.69, 9.17) is 18.9 Å². The number of ether oxygens (including phenoxy) is 4. The number of allylic oxidation sites excluding steroid dienone is 1. The third-order valence-electron chi connectivity index (χ3n) is 4.34. The first-order chi connectivity index (χ1) is 11.7. The summed E-state index contributed by atoms with van der Waals surface area (Å²) in [4.78, 5) is 0. The second kappa shape index (κ2) is 6.87. The average Bonchev–Trinajstić information content (AvgIpc) is 2.65. The molecule has 2 aromatic carbocycles. The summed E-state index contributed by atoms with van der Waals surface area (Å²) in [5, 5.41) is 0. The van der Waals surface area contributed by atoms with Crippen LogP contribution in [-0.2, 0) is 6.42 Å². The maximum atomic E-state index is 5.48. The van der Waals surface area contributed by atoms with E-state index < -0.39 is 0 Å². The average molecular weight is 326 g/mol. The molecule has 3 rings (SSSR count). The molecule has 0 radical (unpaired) electrons. The van der Waals surface area contributed by atoms with Crippen molar-refractivity contribution in [3.8, 4) is 23.0 Å². The molecular formula is C20H22O4. The molecule has 0 spiro atoms. The normalized spacial score (nSPS) is 12.9. The van der Waals surface area contributed by atoms with E-state index >= 15 is 0 Å². The molecule has 126 valence electrons. The molecule has 0 atom stereocenters. The molecule has 0 N–H and O–H groups in total. The van der Waals surface area contributed by atoms with Gasteiger partial charge in [-0.05, 0) is 59.4 Å². The van der Waals surface area contributed by atoms with E-state index in [1.54, 1.807) is 28.4 Å². The van der Waals surface area contributed by atoms with Gasteiger partial charge in [0.15, 0.2) is 11.5 Å². The van der Waals surface area contributed by atoms with Crippen LogP contribution >= 0.6 is 0 Å². The van der Waals surface area contributed by atoms with Crippen molar-refractivity contribution >= 4 is 5.57 Å². The van der Waals surface area contributed by atoms with Crippen molar-refractivity contribution in [2.24, 2.45) is 0 Å². The van der Waals surface area contributed by atoms with E-state index in [0.29, 0.717) is 17.2 Å². The minimum absolute atomic E-state index is 0.607. The van der Waals surface area contributed by atoms with E-state index in [9.17, 15) is 0 Å². The lowest BCUT2D eigenvalue weighted by Crippen LogP contribution is -2.03. The molecule has 24 heavy (non-hydrogen) atoms. The van der Waals surface area contributed by atoms with Crippen molar-refractivity contribution < 1.29 is 18.9 Å². The third kappa shape index (κ3) is 2.80. The van der Waals surface area contributed by atoms with E-state index in [1.165, 1.54) is 16.7 Å². The minimum atomic E-state index is 0.607. The molecule has 1 aliphatic carbocycles. The van der Waals surface area contributed by atoms with Gasteiger partial charge in [-0.1, -0.05) is 12.1 Å². The zero-order valence-corrected chi connectivity index (χ0v) is 14.5. The number of rotatable bonds is 5. The Morgan fingerprint density at radius 3 is 2.08 bits per heavy atom. The molecule has 0 heterocycles. The summed E-state index contributed by atoms with van der Waals surface area (Å²) >= 11 is 0. The van der Waals surface area contributed by atoms with Gasteiger partial charge in [-0.3, -0.25) is 0 Å². The second-order valence-corrected chi connectivity index (χ2v) is 5.59. The highest BCUT2D eigenvalue weighted by Gasteiger charge is 2.19. The number of hydrogen-bond donors (Lipinski definition) is 0. The lowest BCUT2D eigenvalue weighted by molar-refractivity contribution is 0.324. The molecule has 0 aliphatic heterocycles. The standard InChI is InChI=1S/C20H22O4/c1-21-15-8-9-17-13(10-15)6-5-7-16(17)14-11-18(22-2)20(24-4)19(12-14)23-3/h7-12H,5-6H2,1-4H3. The van der Waals surface area contributed by atoms with E-state index in [2.05, 4.69) is 18.2 Å². The molecule has 0 unspecified atom stereocenters. The first kappa shape index (κ1) is 16.2. The smallest absolute Gasteiger partial charge is 0.203 e. The molecule has 0 amide bonds. The Balaban J connectivity index is 2.12. The molecule has 0 fully saturated rings. The van der Waals surface area contributed by atoms with Gasteiger partial charge in [0.1, 0.15) is 5.75 Å². The van der Waals surface area contributed by atoms with Crippen LogP contribution in [0.2, 0.25) is 0 Å². The quantitative estimate of drug-likeness (QED) is 0.829. The van der Waals surface area contributed by atoms with Gasteiger partial charge in [-0.2, -0.15) is 0 Å². The van der Waals surface area contributed by atoms with E-state index in [0.717, 1.165) is 24.2 Å². The first-order valence-electron chi connectivity index (χ1n) is 7.89. The summed E-state index contributed by atoms with van der Waals surface area (Å²) in [5.41, 5.74) is 4.74. The van der Waals surface area contributed by atoms with Gasteiger partial charge >= 0.3 is 0 Å². The molecular weight excluding hydrogens is 304 g/mol. The van der Waals surface area contributed by atoms with E-state index in [1.807, 2.05) is 18.2 Å². The first-order valence-corrected chi connectivity index (χ1v) is 7.89. The Morgan fingerprint density at radius 2 is 1.50 bits per heavy atom. The van der Waals surface area contributed by atoms with E-state index in [-0.39, 0.29) is 0 Å². The maximum absolute atomic E-state index is 5.48. The van der Waals surface area contributed by atoms with Gasteiger partial charge in [0.25, 0.3) is 0 Å². The van der Waals surface area contributed by atoms with Crippen molar-refractivity contribution in [3.05, 3.63) is 53.1 Å². The van der Waals surface area contributed by atoms with Gasteiger partial charge in [0.05, 0.1) is 28.4 Å². The lowest BCUT2D eigenvalue weighted by Gasteiger charge is -2.21. The second-order valence-electron chi connectivity index (χ2n) is 5.59.